The highest BCUT2D eigenvalue weighted by Crippen LogP contribution is 2.23. The number of carbonyl (C=O) groups excluding carboxylic acids is 3. The molecule has 0 aromatic carbocycles. The van der Waals surface area contributed by atoms with Crippen LogP contribution in [-0.4, -0.2) is 53.7 Å². The Morgan fingerprint density at radius 2 is 1.90 bits per heavy atom. The van der Waals surface area contributed by atoms with Gasteiger partial charge in [-0.25, -0.2) is 8.42 Å². The van der Waals surface area contributed by atoms with Crippen LogP contribution in [0.5, 0.6) is 0 Å². The Hall–Kier alpha value is -1.92. The topological polar surface area (TPSA) is 138 Å². The number of anilines is 1. The van der Waals surface area contributed by atoms with Gasteiger partial charge in [0, 0.05) is 6.92 Å². The fraction of sp³-hybridized carbons (Fsp3) is 0.375. The van der Waals surface area contributed by atoms with Crippen molar-refractivity contribution in [3.8, 4) is 0 Å². The SMILES string of the molecule is CC(=O)Nc1nnc(S(=O)(=O)N2CC(=O)NC(=O)C2)s1. The second-order valence-electron chi connectivity index (χ2n) is 3.80. The molecule has 0 radical (unpaired) electrons. The van der Waals surface area contributed by atoms with E-state index in [2.05, 4.69) is 15.5 Å². The van der Waals surface area contributed by atoms with E-state index in [1.807, 2.05) is 5.32 Å². The lowest BCUT2D eigenvalue weighted by molar-refractivity contribution is -0.134. The molecule has 108 valence electrons. The van der Waals surface area contributed by atoms with Crippen LogP contribution in [0, 0.1) is 0 Å². The number of hydrogen-bond acceptors (Lipinski definition) is 8. The molecule has 3 amide bonds. The Balaban J connectivity index is 2.25. The molecule has 12 heteroatoms. The van der Waals surface area contributed by atoms with E-state index in [1.165, 1.54) is 6.92 Å². The van der Waals surface area contributed by atoms with Crippen molar-refractivity contribution in [2.75, 3.05) is 18.4 Å². The summed E-state index contributed by atoms with van der Waals surface area (Å²) < 4.78 is 24.6. The van der Waals surface area contributed by atoms with E-state index in [0.29, 0.717) is 15.6 Å². The highest BCUT2D eigenvalue weighted by atomic mass is 32.2. The van der Waals surface area contributed by atoms with Gasteiger partial charge in [0.1, 0.15) is 0 Å². The Morgan fingerprint density at radius 3 is 2.45 bits per heavy atom. The summed E-state index contributed by atoms with van der Waals surface area (Å²) in [5.74, 6) is -1.84. The number of sulfonamides is 1. The van der Waals surface area contributed by atoms with E-state index >= 15 is 0 Å². The molecule has 1 aromatic heterocycles. The maximum absolute atomic E-state index is 12.2. The van der Waals surface area contributed by atoms with Crippen LogP contribution in [0.1, 0.15) is 6.92 Å². The van der Waals surface area contributed by atoms with Crippen molar-refractivity contribution in [3.63, 3.8) is 0 Å². The second-order valence-corrected chi connectivity index (χ2v) is 6.89. The zero-order chi connectivity index (χ0) is 14.9. The number of rotatable bonds is 3. The van der Waals surface area contributed by atoms with E-state index in [4.69, 9.17) is 0 Å². The fourth-order valence-corrected chi connectivity index (χ4v) is 3.84. The Morgan fingerprint density at radius 1 is 1.30 bits per heavy atom. The molecule has 0 atom stereocenters. The molecule has 2 N–H and O–H groups in total. The van der Waals surface area contributed by atoms with Crippen molar-refractivity contribution in [2.24, 2.45) is 0 Å². The van der Waals surface area contributed by atoms with Gasteiger partial charge in [0.05, 0.1) is 13.1 Å². The van der Waals surface area contributed by atoms with E-state index in [9.17, 15) is 22.8 Å². The first-order valence-electron chi connectivity index (χ1n) is 5.23. The number of nitrogens with one attached hydrogen (secondary N) is 2. The molecule has 1 aliphatic rings. The van der Waals surface area contributed by atoms with Gasteiger partial charge < -0.3 is 5.32 Å². The molecule has 20 heavy (non-hydrogen) atoms. The van der Waals surface area contributed by atoms with Gasteiger partial charge in [-0.1, -0.05) is 11.3 Å². The van der Waals surface area contributed by atoms with E-state index in [0.717, 1.165) is 0 Å². The minimum absolute atomic E-state index is 0.0175. The van der Waals surface area contributed by atoms with E-state index in [-0.39, 0.29) is 5.13 Å². The van der Waals surface area contributed by atoms with Crippen LogP contribution in [0.4, 0.5) is 5.13 Å². The maximum atomic E-state index is 12.2. The molecule has 0 saturated carbocycles. The molecule has 10 nitrogen and oxygen atoms in total. The molecule has 0 unspecified atom stereocenters. The molecule has 1 fully saturated rings. The lowest BCUT2D eigenvalue weighted by atomic mass is 10.4. The molecule has 1 aliphatic heterocycles. The van der Waals surface area contributed by atoms with Gasteiger partial charge >= 0.3 is 0 Å². The number of hydrogen-bond donors (Lipinski definition) is 2. The van der Waals surface area contributed by atoms with Crippen molar-refractivity contribution >= 4 is 44.2 Å². The van der Waals surface area contributed by atoms with Crippen molar-refractivity contribution in [2.45, 2.75) is 11.3 Å². The summed E-state index contributed by atoms with van der Waals surface area (Å²) in [6, 6.07) is 0. The van der Waals surface area contributed by atoms with Gasteiger partial charge in [0.2, 0.25) is 27.2 Å². The average molecular weight is 319 g/mol. The van der Waals surface area contributed by atoms with Gasteiger partial charge in [0.15, 0.2) is 0 Å². The van der Waals surface area contributed by atoms with Crippen LogP contribution < -0.4 is 10.6 Å². The molecule has 1 aromatic rings. The third-order valence-electron chi connectivity index (χ3n) is 2.17. The van der Waals surface area contributed by atoms with Gasteiger partial charge in [-0.05, 0) is 0 Å². The average Bonchev–Trinajstić information content (AvgIpc) is 2.75. The van der Waals surface area contributed by atoms with Crippen molar-refractivity contribution < 1.29 is 22.8 Å². The Labute approximate surface area is 117 Å². The van der Waals surface area contributed by atoms with Crippen molar-refractivity contribution in [1.29, 1.82) is 0 Å². The molecular formula is C8H9N5O5S2. The molecule has 2 heterocycles. The zero-order valence-corrected chi connectivity index (χ0v) is 11.7. The number of nitrogens with zero attached hydrogens (tertiary/aromatic N) is 3. The maximum Gasteiger partial charge on any atom is 0.273 e. The summed E-state index contributed by atoms with van der Waals surface area (Å²) >= 11 is 0.637. The number of aromatic nitrogens is 2. The summed E-state index contributed by atoms with van der Waals surface area (Å²) in [5.41, 5.74) is 0. The van der Waals surface area contributed by atoms with Crippen LogP contribution in [0.3, 0.4) is 0 Å². The minimum atomic E-state index is -4.10. The second kappa shape index (κ2) is 5.22. The quantitative estimate of drug-likeness (QED) is 0.492. The Bertz CT molecular complexity index is 665. The van der Waals surface area contributed by atoms with Crippen LogP contribution in [0.2, 0.25) is 0 Å². The smallest absolute Gasteiger partial charge is 0.273 e. The predicted molar refractivity (Wildman–Crippen MR) is 66.1 cm³/mol. The van der Waals surface area contributed by atoms with Gasteiger partial charge in [-0.15, -0.1) is 10.2 Å². The fourth-order valence-electron chi connectivity index (χ4n) is 1.41. The highest BCUT2D eigenvalue weighted by molar-refractivity contribution is 7.91. The number of piperazine rings is 1. The summed E-state index contributed by atoms with van der Waals surface area (Å²) in [6.07, 6.45) is 0. The summed E-state index contributed by atoms with van der Waals surface area (Å²) in [7, 11) is -4.10. The van der Waals surface area contributed by atoms with Gasteiger partial charge in [0.25, 0.3) is 10.0 Å². The highest BCUT2D eigenvalue weighted by Gasteiger charge is 2.35. The monoisotopic (exact) mass is 319 g/mol. The first kappa shape index (κ1) is 14.5. The largest absolute Gasteiger partial charge is 0.301 e. The number of carbonyl (C=O) groups is 3. The van der Waals surface area contributed by atoms with Crippen LogP contribution in [0.15, 0.2) is 4.34 Å². The van der Waals surface area contributed by atoms with Gasteiger partial charge in [-0.3, -0.25) is 19.7 Å². The summed E-state index contributed by atoms with van der Waals surface area (Å²) in [6.45, 7) is 0.301. The molecule has 0 bridgehead atoms. The van der Waals surface area contributed by atoms with Crippen LogP contribution in [0.25, 0.3) is 0 Å². The van der Waals surface area contributed by atoms with E-state index < -0.39 is 45.2 Å². The Kier molecular flexibility index (Phi) is 3.78. The predicted octanol–water partition coefficient (Wildman–Crippen LogP) is -1.86. The normalized spacial score (nSPS) is 16.9. The summed E-state index contributed by atoms with van der Waals surface area (Å²) in [5, 5.41) is 11.3. The number of imide groups is 1. The third-order valence-corrected chi connectivity index (χ3v) is 5.14. The van der Waals surface area contributed by atoms with Crippen molar-refractivity contribution in [3.05, 3.63) is 0 Å². The summed E-state index contributed by atoms with van der Waals surface area (Å²) in [4.78, 5) is 33.2. The minimum Gasteiger partial charge on any atom is -0.301 e. The van der Waals surface area contributed by atoms with Crippen molar-refractivity contribution in [1.82, 2.24) is 19.8 Å². The van der Waals surface area contributed by atoms with Crippen LogP contribution >= 0.6 is 11.3 Å². The lowest BCUT2D eigenvalue weighted by Crippen LogP contribution is -2.53. The van der Waals surface area contributed by atoms with Crippen LogP contribution in [-0.2, 0) is 24.4 Å². The first-order chi connectivity index (χ1) is 9.29. The molecular weight excluding hydrogens is 310 g/mol. The molecule has 2 rings (SSSR count). The van der Waals surface area contributed by atoms with Gasteiger partial charge in [-0.2, -0.15) is 4.31 Å². The zero-order valence-electron chi connectivity index (χ0n) is 10.1. The first-order valence-corrected chi connectivity index (χ1v) is 7.48. The molecule has 0 aliphatic carbocycles. The molecule has 1 saturated heterocycles. The standard InChI is InChI=1S/C8H9N5O5S2/c1-4(14)9-7-11-12-8(19-7)20(17,18)13-2-5(15)10-6(16)3-13/h2-3H2,1H3,(H,9,11,14)(H,10,15,16). The molecule has 0 spiro atoms. The lowest BCUT2D eigenvalue weighted by Gasteiger charge is -2.23. The number of amides is 3. The van der Waals surface area contributed by atoms with E-state index in [1.54, 1.807) is 0 Å². The third kappa shape index (κ3) is 2.97.